The van der Waals surface area contributed by atoms with E-state index in [1.165, 1.54) is 47.0 Å². The zero-order chi connectivity index (χ0) is 14.4. The molecular weight excluding hydrogens is 326 g/mol. The van der Waals surface area contributed by atoms with Gasteiger partial charge in [-0.15, -0.1) is 0 Å². The lowest BCUT2D eigenvalue weighted by atomic mass is 9.78. The molecule has 1 unspecified atom stereocenters. The average Bonchev–Trinajstić information content (AvgIpc) is 3.34. The Bertz CT molecular complexity index is 550. The molecule has 114 valence electrons. The van der Waals surface area contributed by atoms with E-state index in [0.717, 1.165) is 38.0 Å². The van der Waals surface area contributed by atoms with E-state index in [1.54, 1.807) is 0 Å². The molecule has 0 saturated heterocycles. The van der Waals surface area contributed by atoms with E-state index < -0.39 is 0 Å². The van der Waals surface area contributed by atoms with Gasteiger partial charge in [0.25, 0.3) is 0 Å². The van der Waals surface area contributed by atoms with E-state index in [4.69, 9.17) is 4.74 Å². The predicted molar refractivity (Wildman–Crippen MR) is 88.9 cm³/mol. The highest BCUT2D eigenvalue weighted by Gasteiger charge is 2.42. The van der Waals surface area contributed by atoms with Crippen LogP contribution >= 0.6 is 15.9 Å². The molecule has 1 aromatic carbocycles. The standard InChI is InChI=1S/C18H24BrNO/c1-18(14-2-3-14,11-20-16-4-5-16)10-13-9-15(19)8-12-6-7-21-17(12)13/h8-9,14,16,20H,2-7,10-11H2,1H3. The summed E-state index contributed by atoms with van der Waals surface area (Å²) in [5.41, 5.74) is 3.17. The first-order chi connectivity index (χ1) is 10.1. The number of rotatable bonds is 6. The van der Waals surface area contributed by atoms with Crippen LogP contribution in [0.15, 0.2) is 16.6 Å². The molecule has 21 heavy (non-hydrogen) atoms. The molecule has 2 saturated carbocycles. The summed E-state index contributed by atoms with van der Waals surface area (Å²) in [4.78, 5) is 0. The maximum atomic E-state index is 5.93. The van der Waals surface area contributed by atoms with Crippen molar-refractivity contribution in [3.63, 3.8) is 0 Å². The van der Waals surface area contributed by atoms with Crippen molar-refractivity contribution in [3.05, 3.63) is 27.7 Å². The van der Waals surface area contributed by atoms with Crippen molar-refractivity contribution in [2.75, 3.05) is 13.2 Å². The fourth-order valence-electron chi connectivity index (χ4n) is 3.71. The highest BCUT2D eigenvalue weighted by atomic mass is 79.9. The fraction of sp³-hybridized carbons (Fsp3) is 0.667. The van der Waals surface area contributed by atoms with Crippen molar-refractivity contribution in [3.8, 4) is 5.75 Å². The largest absolute Gasteiger partial charge is 0.493 e. The van der Waals surface area contributed by atoms with Crippen molar-refractivity contribution in [1.82, 2.24) is 5.32 Å². The molecule has 1 aromatic rings. The highest BCUT2D eigenvalue weighted by Crippen LogP contribution is 2.49. The lowest BCUT2D eigenvalue weighted by Gasteiger charge is -2.31. The van der Waals surface area contributed by atoms with Gasteiger partial charge in [0.2, 0.25) is 0 Å². The van der Waals surface area contributed by atoms with Gasteiger partial charge in [0.05, 0.1) is 6.61 Å². The van der Waals surface area contributed by atoms with Gasteiger partial charge in [0.1, 0.15) is 5.75 Å². The molecule has 3 heteroatoms. The highest BCUT2D eigenvalue weighted by molar-refractivity contribution is 9.10. The third kappa shape index (κ3) is 3.00. The summed E-state index contributed by atoms with van der Waals surface area (Å²) in [5.74, 6) is 2.07. The van der Waals surface area contributed by atoms with Gasteiger partial charge in [-0.3, -0.25) is 0 Å². The maximum absolute atomic E-state index is 5.93. The zero-order valence-corrected chi connectivity index (χ0v) is 14.3. The molecule has 0 amide bonds. The Labute approximate surface area is 135 Å². The average molecular weight is 350 g/mol. The Hall–Kier alpha value is -0.540. The molecule has 0 bridgehead atoms. The molecule has 2 aliphatic carbocycles. The van der Waals surface area contributed by atoms with Crippen LogP contribution in [-0.2, 0) is 12.8 Å². The first kappa shape index (κ1) is 14.1. The predicted octanol–water partition coefficient (Wildman–Crippen LogP) is 4.09. The van der Waals surface area contributed by atoms with Crippen LogP contribution in [0.5, 0.6) is 5.75 Å². The summed E-state index contributed by atoms with van der Waals surface area (Å²) in [5, 5.41) is 3.77. The second kappa shape index (κ2) is 5.27. The van der Waals surface area contributed by atoms with Gasteiger partial charge in [0.15, 0.2) is 0 Å². The topological polar surface area (TPSA) is 21.3 Å². The SMILES string of the molecule is CC(CNC1CC1)(Cc1cc(Br)cc2c1OCC2)C1CC1. The van der Waals surface area contributed by atoms with Gasteiger partial charge < -0.3 is 10.1 Å². The monoisotopic (exact) mass is 349 g/mol. The summed E-state index contributed by atoms with van der Waals surface area (Å²) in [7, 11) is 0. The third-order valence-electron chi connectivity index (χ3n) is 5.35. The molecule has 1 N–H and O–H groups in total. The van der Waals surface area contributed by atoms with Crippen LogP contribution in [0.1, 0.15) is 43.7 Å². The molecule has 0 spiro atoms. The van der Waals surface area contributed by atoms with Gasteiger partial charge in [-0.05, 0) is 66.7 Å². The fourth-order valence-corrected chi connectivity index (χ4v) is 4.26. The summed E-state index contributed by atoms with van der Waals surface area (Å²) < 4.78 is 7.13. The summed E-state index contributed by atoms with van der Waals surface area (Å²) in [6.45, 7) is 4.48. The number of nitrogens with one attached hydrogen (secondary N) is 1. The molecule has 0 aromatic heterocycles. The van der Waals surface area contributed by atoms with E-state index in [1.807, 2.05) is 0 Å². The van der Waals surface area contributed by atoms with Crippen molar-refractivity contribution >= 4 is 15.9 Å². The first-order valence-corrected chi connectivity index (χ1v) is 9.11. The van der Waals surface area contributed by atoms with Gasteiger partial charge in [-0.25, -0.2) is 0 Å². The third-order valence-corrected chi connectivity index (χ3v) is 5.81. The molecule has 2 fully saturated rings. The Morgan fingerprint density at radius 3 is 2.81 bits per heavy atom. The van der Waals surface area contributed by atoms with Crippen LogP contribution in [0.4, 0.5) is 0 Å². The number of ether oxygens (including phenoxy) is 1. The number of hydrogen-bond acceptors (Lipinski definition) is 2. The van der Waals surface area contributed by atoms with E-state index in [-0.39, 0.29) is 0 Å². The van der Waals surface area contributed by atoms with Crippen molar-refractivity contribution < 1.29 is 4.74 Å². The Balaban J connectivity index is 1.57. The smallest absolute Gasteiger partial charge is 0.125 e. The molecular formula is C18H24BrNO. The van der Waals surface area contributed by atoms with Crippen LogP contribution in [0.25, 0.3) is 0 Å². The number of fused-ring (bicyclic) bond motifs is 1. The van der Waals surface area contributed by atoms with Gasteiger partial charge >= 0.3 is 0 Å². The summed E-state index contributed by atoms with van der Waals surface area (Å²) in [6, 6.07) is 5.30. The van der Waals surface area contributed by atoms with E-state index in [0.29, 0.717) is 5.41 Å². The molecule has 1 heterocycles. The van der Waals surface area contributed by atoms with Gasteiger partial charge in [-0.1, -0.05) is 22.9 Å². The van der Waals surface area contributed by atoms with Crippen molar-refractivity contribution in [1.29, 1.82) is 0 Å². The van der Waals surface area contributed by atoms with Gasteiger partial charge in [0, 0.05) is 23.5 Å². The maximum Gasteiger partial charge on any atom is 0.125 e. The van der Waals surface area contributed by atoms with E-state index in [2.05, 4.69) is 40.3 Å². The Morgan fingerprint density at radius 2 is 2.10 bits per heavy atom. The minimum absolute atomic E-state index is 0.378. The Kier molecular flexibility index (Phi) is 3.54. The quantitative estimate of drug-likeness (QED) is 0.834. The summed E-state index contributed by atoms with van der Waals surface area (Å²) >= 11 is 3.68. The van der Waals surface area contributed by atoms with E-state index in [9.17, 15) is 0 Å². The van der Waals surface area contributed by atoms with Crippen LogP contribution < -0.4 is 10.1 Å². The number of benzene rings is 1. The molecule has 4 rings (SSSR count). The normalized spacial score (nSPS) is 23.5. The van der Waals surface area contributed by atoms with Crippen LogP contribution in [-0.4, -0.2) is 19.2 Å². The molecule has 3 aliphatic rings. The van der Waals surface area contributed by atoms with E-state index >= 15 is 0 Å². The number of halogens is 1. The zero-order valence-electron chi connectivity index (χ0n) is 12.8. The van der Waals surface area contributed by atoms with Crippen LogP contribution in [0, 0.1) is 11.3 Å². The number of hydrogen-bond donors (Lipinski definition) is 1. The minimum Gasteiger partial charge on any atom is -0.493 e. The van der Waals surface area contributed by atoms with Crippen LogP contribution in [0.3, 0.4) is 0 Å². The van der Waals surface area contributed by atoms with Crippen molar-refractivity contribution in [2.45, 2.75) is 51.5 Å². The second-order valence-corrected chi connectivity index (χ2v) is 8.33. The molecule has 1 aliphatic heterocycles. The molecule has 2 nitrogen and oxygen atoms in total. The lowest BCUT2D eigenvalue weighted by molar-refractivity contribution is 0.250. The molecule has 0 radical (unpaired) electrons. The van der Waals surface area contributed by atoms with Gasteiger partial charge in [-0.2, -0.15) is 0 Å². The molecule has 1 atom stereocenters. The van der Waals surface area contributed by atoms with Crippen LogP contribution in [0.2, 0.25) is 0 Å². The lowest BCUT2D eigenvalue weighted by Crippen LogP contribution is -2.36. The Morgan fingerprint density at radius 1 is 1.29 bits per heavy atom. The summed E-state index contributed by atoms with van der Waals surface area (Å²) in [6.07, 6.45) is 7.74. The van der Waals surface area contributed by atoms with Crippen molar-refractivity contribution in [2.24, 2.45) is 11.3 Å². The first-order valence-electron chi connectivity index (χ1n) is 8.31. The minimum atomic E-state index is 0.378. The second-order valence-electron chi connectivity index (χ2n) is 7.41.